The van der Waals surface area contributed by atoms with Gasteiger partial charge in [-0.3, -0.25) is 4.79 Å². The van der Waals surface area contributed by atoms with Crippen molar-refractivity contribution < 1.29 is 9.90 Å². The molecule has 0 aliphatic rings. The summed E-state index contributed by atoms with van der Waals surface area (Å²) in [7, 11) is 0. The van der Waals surface area contributed by atoms with Crippen LogP contribution in [0.2, 0.25) is 10.0 Å². The Bertz CT molecular complexity index is 397. The number of nitrogens with one attached hydrogen (secondary N) is 1. The molecule has 0 fully saturated rings. The second-order valence-electron chi connectivity index (χ2n) is 4.02. The van der Waals surface area contributed by atoms with Crippen LogP contribution in [0.3, 0.4) is 0 Å². The third-order valence-electron chi connectivity index (χ3n) is 2.54. The Hall–Kier alpha value is -0.770. The molecule has 0 atom stereocenters. The topological polar surface area (TPSA) is 49.3 Å². The van der Waals surface area contributed by atoms with Crippen LogP contribution in [-0.2, 0) is 0 Å². The zero-order chi connectivity index (χ0) is 13.4. The van der Waals surface area contributed by atoms with Crippen LogP contribution in [0.15, 0.2) is 18.2 Å². The highest BCUT2D eigenvalue weighted by molar-refractivity contribution is 6.35. The van der Waals surface area contributed by atoms with Gasteiger partial charge in [-0.1, -0.05) is 36.0 Å². The Balaban J connectivity index is 2.34. The molecule has 0 radical (unpaired) electrons. The maximum absolute atomic E-state index is 11.8. The lowest BCUT2D eigenvalue weighted by molar-refractivity contribution is 0.0953. The second kappa shape index (κ2) is 8.35. The van der Waals surface area contributed by atoms with E-state index in [-0.39, 0.29) is 12.5 Å². The fraction of sp³-hybridized carbons (Fsp3) is 0.462. The zero-order valence-corrected chi connectivity index (χ0v) is 11.6. The van der Waals surface area contributed by atoms with Gasteiger partial charge in [-0.25, -0.2) is 0 Å². The maximum atomic E-state index is 11.8. The van der Waals surface area contributed by atoms with Crippen molar-refractivity contribution in [3.8, 4) is 0 Å². The van der Waals surface area contributed by atoms with Gasteiger partial charge in [0.05, 0.1) is 10.6 Å². The van der Waals surface area contributed by atoms with E-state index in [0.29, 0.717) is 22.2 Å². The maximum Gasteiger partial charge on any atom is 0.252 e. The largest absolute Gasteiger partial charge is 0.396 e. The first-order valence-corrected chi connectivity index (χ1v) is 6.75. The van der Waals surface area contributed by atoms with Crippen LogP contribution in [0, 0.1) is 0 Å². The van der Waals surface area contributed by atoms with E-state index in [9.17, 15) is 4.79 Å². The first-order valence-electron chi connectivity index (χ1n) is 5.99. The van der Waals surface area contributed by atoms with Gasteiger partial charge in [0.1, 0.15) is 0 Å². The van der Waals surface area contributed by atoms with Crippen molar-refractivity contribution in [3.63, 3.8) is 0 Å². The first-order chi connectivity index (χ1) is 8.65. The molecule has 1 amide bonds. The molecule has 0 heterocycles. The number of halogens is 2. The summed E-state index contributed by atoms with van der Waals surface area (Å²) < 4.78 is 0. The van der Waals surface area contributed by atoms with Crippen molar-refractivity contribution in [2.24, 2.45) is 0 Å². The monoisotopic (exact) mass is 289 g/mol. The molecule has 0 bridgehead atoms. The van der Waals surface area contributed by atoms with E-state index in [1.54, 1.807) is 18.2 Å². The molecule has 18 heavy (non-hydrogen) atoms. The Morgan fingerprint density at radius 3 is 2.61 bits per heavy atom. The van der Waals surface area contributed by atoms with Crippen LogP contribution in [0.4, 0.5) is 0 Å². The fourth-order valence-corrected chi connectivity index (χ4v) is 1.93. The number of benzene rings is 1. The van der Waals surface area contributed by atoms with Crippen molar-refractivity contribution in [2.75, 3.05) is 13.2 Å². The third kappa shape index (κ3) is 5.25. The first kappa shape index (κ1) is 15.3. The average molecular weight is 290 g/mol. The third-order valence-corrected chi connectivity index (χ3v) is 3.11. The molecule has 0 aromatic heterocycles. The molecule has 1 aromatic rings. The van der Waals surface area contributed by atoms with Crippen molar-refractivity contribution in [1.29, 1.82) is 0 Å². The van der Waals surface area contributed by atoms with Gasteiger partial charge in [-0.05, 0) is 31.0 Å². The van der Waals surface area contributed by atoms with Gasteiger partial charge in [0, 0.05) is 18.2 Å². The van der Waals surface area contributed by atoms with Gasteiger partial charge in [-0.15, -0.1) is 0 Å². The van der Waals surface area contributed by atoms with E-state index in [1.807, 2.05) is 0 Å². The number of carbonyl (C=O) groups is 1. The lowest BCUT2D eigenvalue weighted by Gasteiger charge is -2.07. The van der Waals surface area contributed by atoms with Gasteiger partial charge in [0.15, 0.2) is 0 Å². The SMILES string of the molecule is O=C(NCCCCCCO)c1cc(Cl)ccc1Cl. The Morgan fingerprint density at radius 2 is 1.89 bits per heavy atom. The second-order valence-corrected chi connectivity index (χ2v) is 4.86. The van der Waals surface area contributed by atoms with E-state index in [1.165, 1.54) is 0 Å². The molecule has 0 aliphatic heterocycles. The summed E-state index contributed by atoms with van der Waals surface area (Å²) in [4.78, 5) is 11.8. The van der Waals surface area contributed by atoms with Gasteiger partial charge in [-0.2, -0.15) is 0 Å². The number of aliphatic hydroxyl groups is 1. The quantitative estimate of drug-likeness (QED) is 0.757. The van der Waals surface area contributed by atoms with Crippen molar-refractivity contribution >= 4 is 29.1 Å². The van der Waals surface area contributed by atoms with Gasteiger partial charge in [0.2, 0.25) is 0 Å². The molecule has 3 nitrogen and oxygen atoms in total. The predicted molar refractivity (Wildman–Crippen MR) is 74.3 cm³/mol. The van der Waals surface area contributed by atoms with E-state index < -0.39 is 0 Å². The van der Waals surface area contributed by atoms with E-state index in [4.69, 9.17) is 28.3 Å². The zero-order valence-electron chi connectivity index (χ0n) is 10.1. The number of hydrogen-bond acceptors (Lipinski definition) is 2. The predicted octanol–water partition coefficient (Wildman–Crippen LogP) is 3.28. The van der Waals surface area contributed by atoms with Crippen molar-refractivity contribution in [3.05, 3.63) is 33.8 Å². The number of amides is 1. The van der Waals surface area contributed by atoms with Crippen LogP contribution >= 0.6 is 23.2 Å². The summed E-state index contributed by atoms with van der Waals surface area (Å²) >= 11 is 11.7. The number of unbranched alkanes of at least 4 members (excludes halogenated alkanes) is 3. The summed E-state index contributed by atoms with van der Waals surface area (Å²) in [5.74, 6) is -0.204. The van der Waals surface area contributed by atoms with Crippen molar-refractivity contribution in [1.82, 2.24) is 5.32 Å². The number of carbonyl (C=O) groups excluding carboxylic acids is 1. The molecule has 0 aliphatic carbocycles. The Kier molecular flexibility index (Phi) is 7.09. The lowest BCUT2D eigenvalue weighted by Crippen LogP contribution is -2.24. The minimum atomic E-state index is -0.204. The smallest absolute Gasteiger partial charge is 0.252 e. The minimum Gasteiger partial charge on any atom is -0.396 e. The average Bonchev–Trinajstić information content (AvgIpc) is 2.36. The van der Waals surface area contributed by atoms with Crippen LogP contribution < -0.4 is 5.32 Å². The van der Waals surface area contributed by atoms with E-state index >= 15 is 0 Å². The Morgan fingerprint density at radius 1 is 1.17 bits per heavy atom. The van der Waals surface area contributed by atoms with Crippen LogP contribution in [0.25, 0.3) is 0 Å². The molecule has 1 rings (SSSR count). The number of hydrogen-bond donors (Lipinski definition) is 2. The normalized spacial score (nSPS) is 10.4. The fourth-order valence-electron chi connectivity index (χ4n) is 1.56. The number of aliphatic hydroxyl groups excluding tert-OH is 1. The number of rotatable bonds is 7. The molecule has 0 saturated heterocycles. The lowest BCUT2D eigenvalue weighted by atomic mass is 10.2. The molecule has 2 N–H and O–H groups in total. The summed E-state index contributed by atoms with van der Waals surface area (Å²) in [5, 5.41) is 12.3. The minimum absolute atomic E-state index is 0.204. The van der Waals surface area contributed by atoms with Crippen molar-refractivity contribution in [2.45, 2.75) is 25.7 Å². The van der Waals surface area contributed by atoms with Gasteiger partial charge in [0.25, 0.3) is 5.91 Å². The summed E-state index contributed by atoms with van der Waals surface area (Å²) in [5.41, 5.74) is 0.402. The van der Waals surface area contributed by atoms with Gasteiger partial charge >= 0.3 is 0 Å². The standard InChI is InChI=1S/C13H17Cl2NO2/c14-10-5-6-12(15)11(9-10)13(18)16-7-3-1-2-4-8-17/h5-6,9,17H,1-4,7-8H2,(H,16,18). The summed E-state index contributed by atoms with van der Waals surface area (Å²) in [6, 6.07) is 4.82. The highest BCUT2D eigenvalue weighted by Gasteiger charge is 2.09. The summed E-state index contributed by atoms with van der Waals surface area (Å²) in [6.07, 6.45) is 3.67. The highest BCUT2D eigenvalue weighted by Crippen LogP contribution is 2.20. The van der Waals surface area contributed by atoms with E-state index in [0.717, 1.165) is 25.7 Å². The molecule has 0 unspecified atom stereocenters. The van der Waals surface area contributed by atoms with Crippen LogP contribution in [-0.4, -0.2) is 24.2 Å². The van der Waals surface area contributed by atoms with Crippen LogP contribution in [0.5, 0.6) is 0 Å². The molecule has 100 valence electrons. The highest BCUT2D eigenvalue weighted by atomic mass is 35.5. The molecular weight excluding hydrogens is 273 g/mol. The molecular formula is C13H17Cl2NO2. The molecule has 0 spiro atoms. The Labute approximate surface area is 117 Å². The van der Waals surface area contributed by atoms with E-state index in [2.05, 4.69) is 5.32 Å². The van der Waals surface area contributed by atoms with Gasteiger partial charge < -0.3 is 10.4 Å². The summed E-state index contributed by atoms with van der Waals surface area (Å²) in [6.45, 7) is 0.831. The molecule has 1 aromatic carbocycles. The molecule has 0 saturated carbocycles. The van der Waals surface area contributed by atoms with Crippen LogP contribution in [0.1, 0.15) is 36.0 Å². The molecule has 5 heteroatoms.